The van der Waals surface area contributed by atoms with Crippen molar-refractivity contribution in [3.05, 3.63) is 0 Å². The molecule has 3 nitrogen and oxygen atoms in total. The van der Waals surface area contributed by atoms with Gasteiger partial charge in [0.2, 0.25) is 0 Å². The van der Waals surface area contributed by atoms with Gasteiger partial charge >= 0.3 is 0 Å². The van der Waals surface area contributed by atoms with E-state index in [9.17, 15) is 0 Å². The predicted molar refractivity (Wildman–Crippen MR) is 114 cm³/mol. The van der Waals surface area contributed by atoms with Gasteiger partial charge in [-0.25, -0.2) is 0 Å². The maximum absolute atomic E-state index is 6.54. The first-order valence-electron chi connectivity index (χ1n) is 11.4. The highest BCUT2D eigenvalue weighted by Crippen LogP contribution is 2.66. The van der Waals surface area contributed by atoms with Crippen molar-refractivity contribution < 1.29 is 9.26 Å². The Balaban J connectivity index is 1.51. The minimum Gasteiger partial charge on any atom is -0.415 e. The average molecular weight is 392 g/mol. The van der Waals surface area contributed by atoms with Crippen molar-refractivity contribution in [3.63, 3.8) is 0 Å². The lowest BCUT2D eigenvalue weighted by molar-refractivity contribution is -0.118. The van der Waals surface area contributed by atoms with Crippen LogP contribution in [0.1, 0.15) is 71.6 Å². The normalized spacial score (nSPS) is 48.7. The summed E-state index contributed by atoms with van der Waals surface area (Å²) in [7, 11) is 0.273. The monoisotopic (exact) mass is 391 g/mol. The molecule has 0 aliphatic heterocycles. The van der Waals surface area contributed by atoms with Crippen molar-refractivity contribution in [2.45, 2.75) is 97.4 Å². The molecule has 154 valence electrons. The third-order valence-corrected chi connectivity index (χ3v) is 9.98. The number of fused-ring (bicyclic) bond motifs is 5. The Hall–Kier alpha value is -0.353. The molecule has 0 radical (unpaired) electrons. The SMILES string of the molecule is CON=C1CC2C3CCC4CC(O[Si](C)(C)C)CCC4(C)C3CCC2(C)C1. The quantitative estimate of drug-likeness (QED) is 0.420. The summed E-state index contributed by atoms with van der Waals surface area (Å²) in [5, 5.41) is 4.38. The van der Waals surface area contributed by atoms with Crippen LogP contribution in [0.25, 0.3) is 0 Å². The van der Waals surface area contributed by atoms with Crippen molar-refractivity contribution in [2.75, 3.05) is 7.11 Å². The fraction of sp³-hybridized carbons (Fsp3) is 0.957. The molecule has 4 aliphatic carbocycles. The molecule has 4 saturated carbocycles. The zero-order valence-electron chi connectivity index (χ0n) is 18.5. The van der Waals surface area contributed by atoms with Gasteiger partial charge in [0.1, 0.15) is 7.11 Å². The minimum atomic E-state index is -1.43. The number of nitrogens with zero attached hydrogens (tertiary/aromatic N) is 1. The summed E-state index contributed by atoms with van der Waals surface area (Å²) in [6.45, 7) is 12.2. The summed E-state index contributed by atoms with van der Waals surface area (Å²) in [6.07, 6.45) is 12.6. The lowest BCUT2D eigenvalue weighted by Gasteiger charge is -2.60. The van der Waals surface area contributed by atoms with E-state index in [1.807, 2.05) is 0 Å². The summed E-state index contributed by atoms with van der Waals surface area (Å²) in [5.41, 5.74) is 2.34. The first-order chi connectivity index (χ1) is 12.6. The van der Waals surface area contributed by atoms with Crippen molar-refractivity contribution in [3.8, 4) is 0 Å². The van der Waals surface area contributed by atoms with E-state index in [0.29, 0.717) is 16.9 Å². The minimum absolute atomic E-state index is 0.472. The Labute approximate surface area is 167 Å². The van der Waals surface area contributed by atoms with Gasteiger partial charge in [-0.05, 0) is 112 Å². The highest BCUT2D eigenvalue weighted by Gasteiger charge is 2.59. The summed E-state index contributed by atoms with van der Waals surface area (Å²) in [4.78, 5) is 5.15. The van der Waals surface area contributed by atoms with E-state index in [-0.39, 0.29) is 0 Å². The number of hydrogen-bond acceptors (Lipinski definition) is 3. The molecule has 0 bridgehead atoms. The molecule has 7 atom stereocenters. The third kappa shape index (κ3) is 3.54. The molecular weight excluding hydrogens is 350 g/mol. The molecule has 0 amide bonds. The molecule has 0 aromatic heterocycles. The Morgan fingerprint density at radius 3 is 2.48 bits per heavy atom. The van der Waals surface area contributed by atoms with E-state index in [2.05, 4.69) is 38.6 Å². The van der Waals surface area contributed by atoms with Gasteiger partial charge in [0.25, 0.3) is 0 Å². The molecule has 4 fully saturated rings. The van der Waals surface area contributed by atoms with Gasteiger partial charge in [-0.2, -0.15) is 0 Å². The molecular formula is C23H41NO2Si. The molecule has 4 rings (SSSR count). The lowest BCUT2D eigenvalue weighted by atomic mass is 9.45. The van der Waals surface area contributed by atoms with Crippen LogP contribution in [0.2, 0.25) is 19.6 Å². The lowest BCUT2D eigenvalue weighted by Crippen LogP contribution is -2.53. The van der Waals surface area contributed by atoms with E-state index in [0.717, 1.165) is 23.7 Å². The van der Waals surface area contributed by atoms with Gasteiger partial charge in [-0.3, -0.25) is 0 Å². The zero-order chi connectivity index (χ0) is 19.4. The van der Waals surface area contributed by atoms with Gasteiger partial charge in [0.15, 0.2) is 8.32 Å². The first-order valence-corrected chi connectivity index (χ1v) is 14.8. The molecule has 0 aromatic carbocycles. The van der Waals surface area contributed by atoms with Gasteiger partial charge in [0.05, 0.1) is 5.71 Å². The maximum Gasteiger partial charge on any atom is 0.184 e. The van der Waals surface area contributed by atoms with Gasteiger partial charge in [-0.1, -0.05) is 19.0 Å². The number of oxime groups is 1. The standard InChI is InChI=1S/C23H41NO2Si/c1-22-11-10-20-19(21(22)14-17(15-22)24-25-3)8-7-16-13-18(26-27(4,5)6)9-12-23(16,20)2/h16,18-21H,7-15H2,1-6H3. The van der Waals surface area contributed by atoms with Crippen LogP contribution in [0.5, 0.6) is 0 Å². The van der Waals surface area contributed by atoms with E-state index in [1.165, 1.54) is 63.5 Å². The summed E-state index contributed by atoms with van der Waals surface area (Å²) in [5.74, 6) is 3.54. The maximum atomic E-state index is 6.54. The van der Waals surface area contributed by atoms with Crippen molar-refractivity contribution in [2.24, 2.45) is 39.7 Å². The van der Waals surface area contributed by atoms with E-state index in [4.69, 9.17) is 9.26 Å². The Morgan fingerprint density at radius 1 is 1.00 bits per heavy atom. The molecule has 4 heteroatoms. The van der Waals surface area contributed by atoms with Crippen LogP contribution in [0.3, 0.4) is 0 Å². The van der Waals surface area contributed by atoms with Crippen LogP contribution >= 0.6 is 0 Å². The Bertz CT molecular complexity index is 600. The van der Waals surface area contributed by atoms with Crippen molar-refractivity contribution in [1.82, 2.24) is 0 Å². The molecule has 0 saturated heterocycles. The Kier molecular flexibility index (Phi) is 5.07. The third-order valence-electron chi connectivity index (χ3n) is 8.94. The molecule has 7 unspecified atom stereocenters. The van der Waals surface area contributed by atoms with Gasteiger partial charge < -0.3 is 9.26 Å². The largest absolute Gasteiger partial charge is 0.415 e. The molecule has 27 heavy (non-hydrogen) atoms. The second-order valence-corrected chi connectivity index (χ2v) is 16.2. The highest BCUT2D eigenvalue weighted by molar-refractivity contribution is 6.69. The van der Waals surface area contributed by atoms with E-state index >= 15 is 0 Å². The molecule has 0 spiro atoms. The van der Waals surface area contributed by atoms with Crippen molar-refractivity contribution in [1.29, 1.82) is 0 Å². The topological polar surface area (TPSA) is 30.8 Å². The highest BCUT2D eigenvalue weighted by atomic mass is 28.4. The Morgan fingerprint density at radius 2 is 1.78 bits per heavy atom. The predicted octanol–water partition coefficient (Wildman–Crippen LogP) is 6.25. The van der Waals surface area contributed by atoms with Crippen LogP contribution in [-0.4, -0.2) is 27.2 Å². The van der Waals surface area contributed by atoms with Gasteiger partial charge in [-0.15, -0.1) is 0 Å². The van der Waals surface area contributed by atoms with Crippen LogP contribution in [-0.2, 0) is 9.26 Å². The van der Waals surface area contributed by atoms with Crippen LogP contribution < -0.4 is 0 Å². The first kappa shape index (κ1) is 19.9. The molecule has 0 heterocycles. The van der Waals surface area contributed by atoms with Crippen LogP contribution in [0, 0.1) is 34.5 Å². The molecule has 0 N–H and O–H groups in total. The summed E-state index contributed by atoms with van der Waals surface area (Å²) < 4.78 is 6.54. The van der Waals surface area contributed by atoms with Crippen LogP contribution in [0.4, 0.5) is 0 Å². The number of hydrogen-bond donors (Lipinski definition) is 0. The zero-order valence-corrected chi connectivity index (χ0v) is 19.5. The van der Waals surface area contributed by atoms with E-state index in [1.54, 1.807) is 7.11 Å². The smallest absolute Gasteiger partial charge is 0.184 e. The number of rotatable bonds is 3. The average Bonchev–Trinajstić information content (AvgIpc) is 2.90. The fourth-order valence-corrected chi connectivity index (χ4v) is 9.04. The van der Waals surface area contributed by atoms with E-state index < -0.39 is 8.32 Å². The van der Waals surface area contributed by atoms with Crippen LogP contribution in [0.15, 0.2) is 5.16 Å². The van der Waals surface area contributed by atoms with Crippen molar-refractivity contribution >= 4 is 14.0 Å². The second kappa shape index (κ2) is 6.86. The summed E-state index contributed by atoms with van der Waals surface area (Å²) in [6, 6.07) is 0. The fourth-order valence-electron chi connectivity index (χ4n) is 7.83. The molecule has 0 aromatic rings. The van der Waals surface area contributed by atoms with Gasteiger partial charge in [0, 0.05) is 6.10 Å². The molecule has 4 aliphatic rings. The summed E-state index contributed by atoms with van der Waals surface area (Å²) >= 11 is 0. The second-order valence-electron chi connectivity index (χ2n) is 11.7.